The van der Waals surface area contributed by atoms with Crippen LogP contribution in [0.3, 0.4) is 0 Å². The zero-order chi connectivity index (χ0) is 59.9. The third-order valence-corrected chi connectivity index (χ3v) is 15.2. The fourth-order valence-corrected chi connectivity index (χ4v) is 9.94. The Bertz CT molecular complexity index is 1660. The van der Waals surface area contributed by atoms with Crippen molar-refractivity contribution in [1.82, 2.24) is 0 Å². The quantitative estimate of drug-likeness (QED) is 0.0261. The van der Waals surface area contributed by atoms with E-state index in [1.165, 1.54) is 186 Å². The number of hydrogen-bond acceptors (Lipinski definition) is 6. The Morgan fingerprint density at radius 1 is 0.253 bits per heavy atom. The van der Waals surface area contributed by atoms with Gasteiger partial charge in [-0.05, 0) is 128 Å². The molecule has 0 radical (unpaired) electrons. The molecule has 1 atom stereocenters. The van der Waals surface area contributed by atoms with Crippen LogP contribution < -0.4 is 0 Å². The van der Waals surface area contributed by atoms with Crippen LogP contribution in [0, 0.1) is 0 Å². The highest BCUT2D eigenvalue weighted by Gasteiger charge is 2.19. The normalized spacial score (nSPS) is 12.8. The SMILES string of the molecule is CC/C=C\C/C=C\C/C=C\C/C=C\C/C=C\C/C=C\CCCCCCC(=O)OCC(COC(=O)CCCCCCCCCCC/C=C\CCCCCCCCCC)OC(=O)CCCCCCCCCCC/C=C\C/C=C\CCCCCCC. The van der Waals surface area contributed by atoms with Crippen molar-refractivity contribution in [1.29, 1.82) is 0 Å². The summed E-state index contributed by atoms with van der Waals surface area (Å²) < 4.78 is 17.0. The van der Waals surface area contributed by atoms with E-state index in [2.05, 4.69) is 130 Å². The van der Waals surface area contributed by atoms with Crippen molar-refractivity contribution in [2.45, 2.75) is 348 Å². The summed E-state index contributed by atoms with van der Waals surface area (Å²) in [5.41, 5.74) is 0. The number of unbranched alkanes of at least 4 members (excludes halogenated alkanes) is 35. The van der Waals surface area contributed by atoms with E-state index < -0.39 is 6.10 Å². The van der Waals surface area contributed by atoms with E-state index in [1.807, 2.05) is 0 Å². The summed E-state index contributed by atoms with van der Waals surface area (Å²) >= 11 is 0. The third-order valence-electron chi connectivity index (χ3n) is 15.2. The van der Waals surface area contributed by atoms with Crippen LogP contribution in [0.1, 0.15) is 342 Å². The van der Waals surface area contributed by atoms with Crippen molar-refractivity contribution in [3.8, 4) is 0 Å². The maximum absolute atomic E-state index is 13.0. The molecule has 476 valence electrons. The zero-order valence-corrected chi connectivity index (χ0v) is 54.7. The van der Waals surface area contributed by atoms with Crippen molar-refractivity contribution in [3.63, 3.8) is 0 Å². The fourth-order valence-electron chi connectivity index (χ4n) is 9.94. The first kappa shape index (κ1) is 79.1. The first-order chi connectivity index (χ1) is 41.0. The lowest BCUT2D eigenvalue weighted by Gasteiger charge is -2.18. The Hall–Kier alpha value is -3.93. The largest absolute Gasteiger partial charge is 0.462 e. The maximum atomic E-state index is 13.0. The molecule has 1 unspecified atom stereocenters. The Labute approximate surface area is 514 Å². The van der Waals surface area contributed by atoms with Crippen LogP contribution in [-0.4, -0.2) is 37.2 Å². The van der Waals surface area contributed by atoms with Gasteiger partial charge in [-0.3, -0.25) is 14.4 Å². The minimum absolute atomic E-state index is 0.0889. The van der Waals surface area contributed by atoms with E-state index in [-0.39, 0.29) is 31.1 Å². The van der Waals surface area contributed by atoms with Crippen molar-refractivity contribution in [3.05, 3.63) is 109 Å². The molecule has 0 amide bonds. The van der Waals surface area contributed by atoms with Crippen LogP contribution in [0.4, 0.5) is 0 Å². The minimum atomic E-state index is -0.797. The molecule has 0 bridgehead atoms. The van der Waals surface area contributed by atoms with Gasteiger partial charge in [0.1, 0.15) is 13.2 Å². The molecule has 0 aliphatic rings. The van der Waals surface area contributed by atoms with Crippen LogP contribution >= 0.6 is 0 Å². The molecule has 6 heteroatoms. The minimum Gasteiger partial charge on any atom is -0.462 e. The molecule has 83 heavy (non-hydrogen) atoms. The summed E-state index contributed by atoms with van der Waals surface area (Å²) in [7, 11) is 0. The second-order valence-electron chi connectivity index (χ2n) is 23.4. The van der Waals surface area contributed by atoms with Gasteiger partial charge < -0.3 is 14.2 Å². The van der Waals surface area contributed by atoms with Gasteiger partial charge in [-0.15, -0.1) is 0 Å². The van der Waals surface area contributed by atoms with E-state index >= 15 is 0 Å². The molecule has 6 nitrogen and oxygen atoms in total. The highest BCUT2D eigenvalue weighted by molar-refractivity contribution is 5.71. The average molecular weight is 1150 g/mol. The zero-order valence-electron chi connectivity index (χ0n) is 54.7. The molecule has 0 aliphatic heterocycles. The van der Waals surface area contributed by atoms with Gasteiger partial charge in [0.2, 0.25) is 0 Å². The Morgan fingerprint density at radius 2 is 0.470 bits per heavy atom. The van der Waals surface area contributed by atoms with Gasteiger partial charge in [0.05, 0.1) is 0 Å². The number of ether oxygens (including phenoxy) is 3. The summed E-state index contributed by atoms with van der Waals surface area (Å²) in [6, 6.07) is 0. The summed E-state index contributed by atoms with van der Waals surface area (Å²) in [6.45, 7) is 6.53. The summed E-state index contributed by atoms with van der Waals surface area (Å²) in [5, 5.41) is 0. The topological polar surface area (TPSA) is 78.9 Å². The highest BCUT2D eigenvalue weighted by atomic mass is 16.6. The number of allylic oxidation sites excluding steroid dienone is 18. The summed E-state index contributed by atoms with van der Waals surface area (Å²) in [6.07, 6.45) is 96.7. The van der Waals surface area contributed by atoms with Crippen LogP contribution in [0.25, 0.3) is 0 Å². The monoisotopic (exact) mass is 1150 g/mol. The number of esters is 3. The van der Waals surface area contributed by atoms with Crippen molar-refractivity contribution >= 4 is 17.9 Å². The fraction of sp³-hybridized carbons (Fsp3) is 0.727. The molecule has 0 rings (SSSR count). The standard InChI is InChI=1S/C77H132O6/c1-4-7-10-13-16-19-22-25-28-31-34-37-38-41-43-46-49-52-55-58-61-64-67-70-76(79)82-73-74(83-77(80)71-68-65-62-59-56-53-50-47-44-40-36-33-30-27-24-21-18-15-12-9-6-3)72-81-75(78)69-66-63-60-57-54-51-48-45-42-39-35-32-29-26-23-20-17-14-11-8-5-2/h7,10,16,19,24-25,27-28,32-37,41,43,49,52,74H,4-6,8-9,11-15,17-18,20-23,26,29-31,38-40,42,44-48,50-51,53-73H2,1-3H3/b10-7-,19-16-,27-24-,28-25-,35-32-,36-33-,37-34-,43-41-,52-49-. The molecule has 0 heterocycles. The molecule has 0 N–H and O–H groups in total. The van der Waals surface area contributed by atoms with E-state index in [4.69, 9.17) is 14.2 Å². The van der Waals surface area contributed by atoms with Crippen LogP contribution in [0.15, 0.2) is 109 Å². The summed E-state index contributed by atoms with van der Waals surface area (Å²) in [5.74, 6) is -0.907. The van der Waals surface area contributed by atoms with E-state index in [9.17, 15) is 14.4 Å². The van der Waals surface area contributed by atoms with Gasteiger partial charge in [-0.25, -0.2) is 0 Å². The molecule has 0 aromatic heterocycles. The second kappa shape index (κ2) is 70.6. The molecule has 0 aromatic carbocycles. The highest BCUT2D eigenvalue weighted by Crippen LogP contribution is 2.16. The molecular formula is C77H132O6. The average Bonchev–Trinajstić information content (AvgIpc) is 3.49. The van der Waals surface area contributed by atoms with Gasteiger partial charge >= 0.3 is 17.9 Å². The van der Waals surface area contributed by atoms with Gasteiger partial charge in [0.25, 0.3) is 0 Å². The number of carbonyl (C=O) groups is 3. The van der Waals surface area contributed by atoms with E-state index in [0.29, 0.717) is 19.3 Å². The van der Waals surface area contributed by atoms with E-state index in [0.717, 1.165) is 116 Å². The molecule has 0 spiro atoms. The van der Waals surface area contributed by atoms with E-state index in [1.54, 1.807) is 0 Å². The predicted octanol–water partition coefficient (Wildman–Crippen LogP) is 24.6. The molecule has 0 saturated heterocycles. The molecule has 0 aromatic rings. The first-order valence-corrected chi connectivity index (χ1v) is 35.4. The van der Waals surface area contributed by atoms with Crippen molar-refractivity contribution in [2.75, 3.05) is 13.2 Å². The van der Waals surface area contributed by atoms with Gasteiger partial charge in [-0.2, -0.15) is 0 Å². The Morgan fingerprint density at radius 3 is 0.747 bits per heavy atom. The van der Waals surface area contributed by atoms with Crippen LogP contribution in [-0.2, 0) is 28.6 Å². The van der Waals surface area contributed by atoms with Crippen molar-refractivity contribution in [2.24, 2.45) is 0 Å². The number of rotatable bonds is 64. The first-order valence-electron chi connectivity index (χ1n) is 35.4. The van der Waals surface area contributed by atoms with Gasteiger partial charge in [-0.1, -0.05) is 304 Å². The lowest BCUT2D eigenvalue weighted by atomic mass is 10.1. The molecular weight excluding hydrogens is 1020 g/mol. The van der Waals surface area contributed by atoms with Gasteiger partial charge in [0, 0.05) is 19.3 Å². The Kier molecular flexibility index (Phi) is 67.2. The van der Waals surface area contributed by atoms with Crippen molar-refractivity contribution < 1.29 is 28.6 Å². The summed E-state index contributed by atoms with van der Waals surface area (Å²) in [4.78, 5) is 38.5. The smallest absolute Gasteiger partial charge is 0.306 e. The molecule has 0 aliphatic carbocycles. The Balaban J connectivity index is 4.44. The van der Waals surface area contributed by atoms with Crippen LogP contribution in [0.5, 0.6) is 0 Å². The lowest BCUT2D eigenvalue weighted by Crippen LogP contribution is -2.30. The molecule has 0 saturated carbocycles. The molecule has 0 fully saturated rings. The predicted molar refractivity (Wildman–Crippen MR) is 362 cm³/mol. The maximum Gasteiger partial charge on any atom is 0.306 e. The number of carbonyl (C=O) groups excluding carboxylic acids is 3. The lowest BCUT2D eigenvalue weighted by molar-refractivity contribution is -0.167. The third kappa shape index (κ3) is 68.7. The van der Waals surface area contributed by atoms with Gasteiger partial charge in [0.15, 0.2) is 6.10 Å². The number of hydrogen-bond donors (Lipinski definition) is 0. The van der Waals surface area contributed by atoms with Crippen LogP contribution in [0.2, 0.25) is 0 Å². The second-order valence-corrected chi connectivity index (χ2v) is 23.4.